The van der Waals surface area contributed by atoms with E-state index >= 15 is 0 Å². The van der Waals surface area contributed by atoms with Crippen LogP contribution in [-0.2, 0) is 32.6 Å². The molecule has 3 rings (SSSR count). The summed E-state index contributed by atoms with van der Waals surface area (Å²) in [5.74, 6) is -2.55. The topological polar surface area (TPSA) is 86.8 Å². The van der Waals surface area contributed by atoms with Gasteiger partial charge in [0.25, 0.3) is 0 Å². The molecule has 0 fully saturated rings. The number of rotatable bonds is 12. The van der Waals surface area contributed by atoms with Crippen molar-refractivity contribution in [2.45, 2.75) is 45.3 Å². The minimum absolute atomic E-state index is 0.0308. The second kappa shape index (κ2) is 13.7. The molecule has 0 bridgehead atoms. The Labute approximate surface area is 238 Å². The van der Waals surface area contributed by atoms with Gasteiger partial charge in [-0.1, -0.05) is 67.1 Å². The molecule has 3 aromatic carbocycles. The molecule has 3 aromatic rings. The Balaban J connectivity index is 2.08. The van der Waals surface area contributed by atoms with Gasteiger partial charge in [-0.05, 0) is 43.2 Å². The van der Waals surface area contributed by atoms with Crippen LogP contribution in [0.4, 0.5) is 14.5 Å². The van der Waals surface area contributed by atoms with Crippen molar-refractivity contribution < 1.29 is 26.8 Å². The fourth-order valence-electron chi connectivity index (χ4n) is 4.06. The normalized spacial score (nSPS) is 12.8. The molecule has 7 nitrogen and oxygen atoms in total. The molecule has 0 aliphatic carbocycles. The van der Waals surface area contributed by atoms with Crippen LogP contribution in [-0.4, -0.2) is 50.0 Å². The SMILES string of the molecule is CCC(C)NC(=O)C(Cc1ccccc1)N(Cc1ccccc1F)C(=O)CN(c1ccc(F)c(Cl)c1)S(C)(=O)=O. The van der Waals surface area contributed by atoms with Gasteiger partial charge in [-0.3, -0.25) is 13.9 Å². The molecule has 1 N–H and O–H groups in total. The summed E-state index contributed by atoms with van der Waals surface area (Å²) in [5.41, 5.74) is 0.876. The fraction of sp³-hybridized carbons (Fsp3) is 0.310. The predicted molar refractivity (Wildman–Crippen MR) is 152 cm³/mol. The first-order valence-electron chi connectivity index (χ1n) is 12.7. The minimum Gasteiger partial charge on any atom is -0.352 e. The van der Waals surface area contributed by atoms with E-state index < -0.39 is 46.1 Å². The maximum atomic E-state index is 14.8. The molecular weight excluding hydrogens is 560 g/mol. The summed E-state index contributed by atoms with van der Waals surface area (Å²) in [6.07, 6.45) is 1.64. The number of carbonyl (C=O) groups is 2. The number of halogens is 3. The molecule has 0 aromatic heterocycles. The molecular formula is C29H32ClF2N3O4S. The van der Waals surface area contributed by atoms with Crippen LogP contribution >= 0.6 is 11.6 Å². The third kappa shape index (κ3) is 8.25. The van der Waals surface area contributed by atoms with Gasteiger partial charge in [-0.25, -0.2) is 17.2 Å². The van der Waals surface area contributed by atoms with E-state index in [1.54, 1.807) is 30.3 Å². The third-order valence-corrected chi connectivity index (χ3v) is 7.87. The average molecular weight is 592 g/mol. The Morgan fingerprint density at radius 2 is 1.62 bits per heavy atom. The zero-order chi connectivity index (χ0) is 29.4. The molecule has 0 aliphatic heterocycles. The summed E-state index contributed by atoms with van der Waals surface area (Å²) in [6.45, 7) is 2.71. The van der Waals surface area contributed by atoms with Gasteiger partial charge >= 0.3 is 0 Å². The number of benzene rings is 3. The number of nitrogens with zero attached hydrogens (tertiary/aromatic N) is 2. The number of nitrogens with one attached hydrogen (secondary N) is 1. The molecule has 0 spiro atoms. The quantitative estimate of drug-likeness (QED) is 0.323. The Morgan fingerprint density at radius 1 is 0.975 bits per heavy atom. The average Bonchev–Trinajstić information content (AvgIpc) is 2.91. The van der Waals surface area contributed by atoms with Crippen molar-refractivity contribution in [3.63, 3.8) is 0 Å². The van der Waals surface area contributed by atoms with E-state index in [4.69, 9.17) is 11.6 Å². The lowest BCUT2D eigenvalue weighted by atomic mass is 10.0. The van der Waals surface area contributed by atoms with E-state index in [9.17, 15) is 26.8 Å². The number of sulfonamides is 1. The number of amides is 2. The van der Waals surface area contributed by atoms with Gasteiger partial charge in [-0.15, -0.1) is 0 Å². The highest BCUT2D eigenvalue weighted by Crippen LogP contribution is 2.25. The smallest absolute Gasteiger partial charge is 0.244 e. The zero-order valence-corrected chi connectivity index (χ0v) is 24.1. The second-order valence-corrected chi connectivity index (χ2v) is 11.8. The van der Waals surface area contributed by atoms with Crippen molar-refractivity contribution in [3.8, 4) is 0 Å². The fourth-order valence-corrected chi connectivity index (χ4v) is 5.08. The highest BCUT2D eigenvalue weighted by Gasteiger charge is 2.34. The van der Waals surface area contributed by atoms with Gasteiger partial charge < -0.3 is 10.2 Å². The largest absolute Gasteiger partial charge is 0.352 e. The van der Waals surface area contributed by atoms with E-state index in [-0.39, 0.29) is 35.3 Å². The molecule has 11 heteroatoms. The van der Waals surface area contributed by atoms with Crippen molar-refractivity contribution in [1.82, 2.24) is 10.2 Å². The minimum atomic E-state index is -4.05. The number of carbonyl (C=O) groups excluding carboxylic acids is 2. The van der Waals surface area contributed by atoms with Crippen LogP contribution < -0.4 is 9.62 Å². The molecule has 0 aliphatic rings. The van der Waals surface area contributed by atoms with Crippen molar-refractivity contribution in [2.24, 2.45) is 0 Å². The van der Waals surface area contributed by atoms with Gasteiger partial charge in [0.2, 0.25) is 21.8 Å². The van der Waals surface area contributed by atoms with Crippen LogP contribution in [0.15, 0.2) is 72.8 Å². The lowest BCUT2D eigenvalue weighted by Crippen LogP contribution is -2.54. The first-order valence-corrected chi connectivity index (χ1v) is 14.9. The molecule has 0 radical (unpaired) electrons. The molecule has 2 unspecified atom stereocenters. The summed E-state index contributed by atoms with van der Waals surface area (Å²) in [4.78, 5) is 28.7. The van der Waals surface area contributed by atoms with Crippen molar-refractivity contribution in [3.05, 3.63) is 101 Å². The Hall–Kier alpha value is -3.50. The van der Waals surface area contributed by atoms with Crippen LogP contribution in [0.3, 0.4) is 0 Å². The van der Waals surface area contributed by atoms with Crippen LogP contribution in [0, 0.1) is 11.6 Å². The summed E-state index contributed by atoms with van der Waals surface area (Å²) in [7, 11) is -4.05. The van der Waals surface area contributed by atoms with Gasteiger partial charge in [0.05, 0.1) is 17.0 Å². The lowest BCUT2D eigenvalue weighted by molar-refractivity contribution is -0.140. The maximum absolute atomic E-state index is 14.8. The summed E-state index contributed by atoms with van der Waals surface area (Å²) >= 11 is 5.89. The molecule has 2 amide bonds. The first kappa shape index (κ1) is 31.0. The number of hydrogen-bond acceptors (Lipinski definition) is 4. The van der Waals surface area contributed by atoms with Gasteiger partial charge in [0.1, 0.15) is 24.2 Å². The van der Waals surface area contributed by atoms with Crippen LogP contribution in [0.2, 0.25) is 5.02 Å². The van der Waals surface area contributed by atoms with Crippen LogP contribution in [0.25, 0.3) is 0 Å². The Morgan fingerprint density at radius 3 is 2.23 bits per heavy atom. The van der Waals surface area contributed by atoms with Crippen LogP contribution in [0.5, 0.6) is 0 Å². The van der Waals surface area contributed by atoms with E-state index in [0.717, 1.165) is 28.3 Å². The predicted octanol–water partition coefficient (Wildman–Crippen LogP) is 4.94. The Bertz CT molecular complexity index is 1440. The molecule has 0 saturated heterocycles. The molecule has 0 saturated carbocycles. The van der Waals surface area contributed by atoms with E-state index in [2.05, 4.69) is 5.32 Å². The van der Waals surface area contributed by atoms with Crippen LogP contribution in [0.1, 0.15) is 31.4 Å². The molecule has 2 atom stereocenters. The van der Waals surface area contributed by atoms with Crippen molar-refractivity contribution in [1.29, 1.82) is 0 Å². The first-order chi connectivity index (χ1) is 18.9. The summed E-state index contributed by atoms with van der Waals surface area (Å²) < 4.78 is 54.9. The van der Waals surface area contributed by atoms with Crippen molar-refractivity contribution >= 4 is 39.1 Å². The monoisotopic (exact) mass is 591 g/mol. The highest BCUT2D eigenvalue weighted by atomic mass is 35.5. The van der Waals surface area contributed by atoms with E-state index in [0.29, 0.717) is 6.42 Å². The summed E-state index contributed by atoms with van der Waals surface area (Å²) in [6, 6.07) is 16.9. The second-order valence-electron chi connectivity index (χ2n) is 9.50. The van der Waals surface area contributed by atoms with E-state index in [1.165, 1.54) is 29.2 Å². The Kier molecular flexibility index (Phi) is 10.6. The summed E-state index contributed by atoms with van der Waals surface area (Å²) in [5, 5.41) is 2.57. The van der Waals surface area contributed by atoms with Gasteiger partial charge in [0, 0.05) is 24.6 Å². The molecule has 0 heterocycles. The van der Waals surface area contributed by atoms with E-state index in [1.807, 2.05) is 19.9 Å². The van der Waals surface area contributed by atoms with Gasteiger partial charge in [-0.2, -0.15) is 0 Å². The van der Waals surface area contributed by atoms with Gasteiger partial charge in [0.15, 0.2) is 0 Å². The molecule has 40 heavy (non-hydrogen) atoms. The molecule has 214 valence electrons. The zero-order valence-electron chi connectivity index (χ0n) is 22.5. The highest BCUT2D eigenvalue weighted by molar-refractivity contribution is 7.92. The number of hydrogen-bond donors (Lipinski definition) is 1. The standard InChI is InChI=1S/C29H32ClF2N3O4S/c1-4-20(2)33-29(37)27(16-21-10-6-5-7-11-21)34(18-22-12-8-9-13-25(22)31)28(36)19-35(40(3,38)39)23-14-15-26(32)24(30)17-23/h5-15,17,20,27H,4,16,18-19H2,1-3H3,(H,33,37). The third-order valence-electron chi connectivity index (χ3n) is 6.44. The maximum Gasteiger partial charge on any atom is 0.244 e. The number of anilines is 1. The lowest BCUT2D eigenvalue weighted by Gasteiger charge is -2.34. The van der Waals surface area contributed by atoms with Crippen molar-refractivity contribution in [2.75, 3.05) is 17.1 Å².